The zero-order chi connectivity index (χ0) is 14.7. The predicted molar refractivity (Wildman–Crippen MR) is 83.3 cm³/mol. The molecule has 0 bridgehead atoms. The molecule has 0 atom stereocenters. The number of benzene rings is 1. The first-order valence-electron chi connectivity index (χ1n) is 7.29. The predicted octanol–water partition coefficient (Wildman–Crippen LogP) is 2.66. The molecule has 1 fully saturated rings. The molecule has 1 aromatic carbocycles. The molecular weight excluding hydrogens is 284 g/mol. The Morgan fingerprint density at radius 2 is 1.57 bits per heavy atom. The first-order valence-corrected chi connectivity index (χ1v) is 8.90. The molecule has 1 aliphatic heterocycles. The zero-order valence-corrected chi connectivity index (χ0v) is 12.7. The molecule has 0 aliphatic carbocycles. The van der Waals surface area contributed by atoms with Gasteiger partial charge in [0.2, 0.25) is 10.0 Å². The van der Waals surface area contributed by atoms with Crippen LogP contribution in [0.2, 0.25) is 0 Å². The van der Waals surface area contributed by atoms with Gasteiger partial charge in [0, 0.05) is 31.5 Å². The molecule has 1 aromatic heterocycles. The van der Waals surface area contributed by atoms with E-state index >= 15 is 0 Å². The Labute approximate surface area is 126 Å². The van der Waals surface area contributed by atoms with Crippen LogP contribution in [0.25, 0.3) is 0 Å². The highest BCUT2D eigenvalue weighted by molar-refractivity contribution is 7.88. The van der Waals surface area contributed by atoms with Crippen molar-refractivity contribution in [1.82, 2.24) is 8.87 Å². The van der Waals surface area contributed by atoms with Crippen molar-refractivity contribution in [1.29, 1.82) is 0 Å². The monoisotopic (exact) mass is 304 g/mol. The van der Waals surface area contributed by atoms with Gasteiger partial charge in [0.1, 0.15) is 0 Å². The zero-order valence-electron chi connectivity index (χ0n) is 11.9. The first kappa shape index (κ1) is 14.4. The highest BCUT2D eigenvalue weighted by Crippen LogP contribution is 2.25. The van der Waals surface area contributed by atoms with E-state index in [0.717, 1.165) is 18.4 Å². The van der Waals surface area contributed by atoms with Gasteiger partial charge in [-0.25, -0.2) is 12.7 Å². The van der Waals surface area contributed by atoms with Crippen LogP contribution in [0.4, 0.5) is 0 Å². The molecule has 0 spiro atoms. The number of piperidine rings is 1. The summed E-state index contributed by atoms with van der Waals surface area (Å²) in [5.74, 6) is 0.0992. The molecule has 0 amide bonds. The van der Waals surface area contributed by atoms with E-state index in [2.05, 4.69) is 17.0 Å². The Kier molecular flexibility index (Phi) is 4.12. The van der Waals surface area contributed by atoms with Gasteiger partial charge in [-0.05, 0) is 30.5 Å². The SMILES string of the molecule is O=S(=O)(Cc1ccccc1)N1CCC(n2cccc2)CC1. The lowest BCUT2D eigenvalue weighted by Crippen LogP contribution is -2.39. The fourth-order valence-corrected chi connectivity index (χ4v) is 4.45. The quantitative estimate of drug-likeness (QED) is 0.871. The molecule has 4 nitrogen and oxygen atoms in total. The number of rotatable bonds is 4. The lowest BCUT2D eigenvalue weighted by atomic mass is 10.1. The normalized spacial score (nSPS) is 17.9. The summed E-state index contributed by atoms with van der Waals surface area (Å²) in [6.45, 7) is 1.22. The molecule has 5 heteroatoms. The van der Waals surface area contributed by atoms with E-state index in [1.807, 2.05) is 42.5 Å². The highest BCUT2D eigenvalue weighted by Gasteiger charge is 2.28. The molecule has 3 rings (SSSR count). The van der Waals surface area contributed by atoms with Crippen molar-refractivity contribution < 1.29 is 8.42 Å². The van der Waals surface area contributed by atoms with Crippen LogP contribution in [0, 0.1) is 0 Å². The van der Waals surface area contributed by atoms with Gasteiger partial charge in [-0.1, -0.05) is 30.3 Å². The Morgan fingerprint density at radius 3 is 2.19 bits per heavy atom. The number of sulfonamides is 1. The summed E-state index contributed by atoms with van der Waals surface area (Å²) in [4.78, 5) is 0. The van der Waals surface area contributed by atoms with Gasteiger partial charge in [-0.3, -0.25) is 0 Å². The number of aromatic nitrogens is 1. The van der Waals surface area contributed by atoms with Gasteiger partial charge >= 0.3 is 0 Å². The van der Waals surface area contributed by atoms with E-state index in [9.17, 15) is 8.42 Å². The Hall–Kier alpha value is -1.59. The van der Waals surface area contributed by atoms with Crippen LogP contribution < -0.4 is 0 Å². The minimum atomic E-state index is -3.20. The molecule has 0 saturated carbocycles. The fourth-order valence-electron chi connectivity index (χ4n) is 2.89. The van der Waals surface area contributed by atoms with Crippen LogP contribution in [0.3, 0.4) is 0 Å². The standard InChI is InChI=1S/C16H20N2O2S/c19-21(20,14-15-6-2-1-3-7-15)18-12-8-16(9-13-18)17-10-4-5-11-17/h1-7,10-11,16H,8-9,12-14H2. The lowest BCUT2D eigenvalue weighted by molar-refractivity contribution is 0.274. The summed E-state index contributed by atoms with van der Waals surface area (Å²) in [5, 5.41) is 0. The largest absolute Gasteiger partial charge is 0.351 e. The number of hydrogen-bond acceptors (Lipinski definition) is 2. The van der Waals surface area contributed by atoms with Crippen molar-refractivity contribution in [2.24, 2.45) is 0 Å². The van der Waals surface area contributed by atoms with Crippen LogP contribution in [-0.2, 0) is 15.8 Å². The fraction of sp³-hybridized carbons (Fsp3) is 0.375. The van der Waals surface area contributed by atoms with Crippen molar-refractivity contribution in [2.45, 2.75) is 24.6 Å². The topological polar surface area (TPSA) is 42.3 Å². The second-order valence-corrected chi connectivity index (χ2v) is 7.47. The molecule has 112 valence electrons. The second kappa shape index (κ2) is 6.03. The number of hydrogen-bond donors (Lipinski definition) is 0. The van der Waals surface area contributed by atoms with Gasteiger partial charge in [-0.15, -0.1) is 0 Å². The third-order valence-corrected chi connectivity index (χ3v) is 5.91. The molecule has 2 heterocycles. The summed E-state index contributed by atoms with van der Waals surface area (Å²) in [7, 11) is -3.20. The highest BCUT2D eigenvalue weighted by atomic mass is 32.2. The van der Waals surface area contributed by atoms with Gasteiger partial charge < -0.3 is 4.57 Å². The summed E-state index contributed by atoms with van der Waals surface area (Å²) in [6.07, 6.45) is 5.86. The van der Waals surface area contributed by atoms with E-state index in [-0.39, 0.29) is 5.75 Å². The van der Waals surface area contributed by atoms with Crippen molar-refractivity contribution in [2.75, 3.05) is 13.1 Å². The van der Waals surface area contributed by atoms with E-state index in [1.165, 1.54) is 0 Å². The smallest absolute Gasteiger partial charge is 0.218 e. The van der Waals surface area contributed by atoms with Gasteiger partial charge in [0.05, 0.1) is 5.75 Å². The molecule has 21 heavy (non-hydrogen) atoms. The van der Waals surface area contributed by atoms with E-state index in [4.69, 9.17) is 0 Å². The Bertz CT molecular complexity index is 658. The molecule has 0 N–H and O–H groups in total. The third kappa shape index (κ3) is 3.36. The maximum absolute atomic E-state index is 12.5. The summed E-state index contributed by atoms with van der Waals surface area (Å²) in [5.41, 5.74) is 0.852. The van der Waals surface area contributed by atoms with Crippen LogP contribution >= 0.6 is 0 Å². The Morgan fingerprint density at radius 1 is 0.952 bits per heavy atom. The van der Waals surface area contributed by atoms with E-state index in [0.29, 0.717) is 19.1 Å². The first-order chi connectivity index (χ1) is 10.1. The van der Waals surface area contributed by atoms with Gasteiger partial charge in [0.15, 0.2) is 0 Å². The molecule has 0 radical (unpaired) electrons. The lowest BCUT2D eigenvalue weighted by Gasteiger charge is -2.32. The summed E-state index contributed by atoms with van der Waals surface area (Å²) < 4.78 is 28.8. The van der Waals surface area contributed by atoms with E-state index in [1.54, 1.807) is 4.31 Å². The van der Waals surface area contributed by atoms with E-state index < -0.39 is 10.0 Å². The number of nitrogens with zero attached hydrogens (tertiary/aromatic N) is 2. The average Bonchev–Trinajstić information content (AvgIpc) is 3.02. The van der Waals surface area contributed by atoms with Crippen molar-refractivity contribution in [3.63, 3.8) is 0 Å². The molecule has 1 aliphatic rings. The van der Waals surface area contributed by atoms with Crippen LogP contribution in [-0.4, -0.2) is 30.4 Å². The molecule has 2 aromatic rings. The molecular formula is C16H20N2O2S. The third-order valence-electron chi connectivity index (χ3n) is 4.06. The maximum atomic E-state index is 12.5. The minimum absolute atomic E-state index is 0.0992. The summed E-state index contributed by atoms with van der Waals surface area (Å²) in [6, 6.07) is 13.8. The minimum Gasteiger partial charge on any atom is -0.351 e. The Balaban J connectivity index is 1.63. The van der Waals surface area contributed by atoms with Crippen molar-refractivity contribution >= 4 is 10.0 Å². The molecule has 1 saturated heterocycles. The van der Waals surface area contributed by atoms with Gasteiger partial charge in [-0.2, -0.15) is 0 Å². The van der Waals surface area contributed by atoms with Crippen LogP contribution in [0.1, 0.15) is 24.4 Å². The van der Waals surface area contributed by atoms with Gasteiger partial charge in [0.25, 0.3) is 0 Å². The molecule has 0 unspecified atom stereocenters. The maximum Gasteiger partial charge on any atom is 0.218 e. The average molecular weight is 304 g/mol. The van der Waals surface area contributed by atoms with Crippen molar-refractivity contribution in [3.8, 4) is 0 Å². The second-order valence-electron chi connectivity index (χ2n) is 5.50. The van der Waals surface area contributed by atoms with Crippen molar-refractivity contribution in [3.05, 3.63) is 60.4 Å². The van der Waals surface area contributed by atoms with Crippen LogP contribution in [0.5, 0.6) is 0 Å². The van der Waals surface area contributed by atoms with Crippen LogP contribution in [0.15, 0.2) is 54.9 Å². The summed E-state index contributed by atoms with van der Waals surface area (Å²) >= 11 is 0.